The molecule has 0 bridgehead atoms. The van der Waals surface area contributed by atoms with Crippen molar-refractivity contribution in [2.24, 2.45) is 0 Å². The van der Waals surface area contributed by atoms with E-state index >= 15 is 0 Å². The molecule has 0 atom stereocenters. The van der Waals surface area contributed by atoms with E-state index in [9.17, 15) is 0 Å². The van der Waals surface area contributed by atoms with Crippen molar-refractivity contribution in [3.63, 3.8) is 0 Å². The number of nitrogens with two attached hydrogens (primary N) is 1. The molecule has 0 aliphatic rings. The molecule has 0 saturated carbocycles. The van der Waals surface area contributed by atoms with Crippen molar-refractivity contribution in [2.75, 3.05) is 5.73 Å². The molecule has 0 spiro atoms. The van der Waals surface area contributed by atoms with Gasteiger partial charge in [0.1, 0.15) is 10.8 Å². The summed E-state index contributed by atoms with van der Waals surface area (Å²) >= 11 is 1.57. The van der Waals surface area contributed by atoms with Crippen molar-refractivity contribution >= 4 is 27.9 Å². The highest BCUT2D eigenvalue weighted by Gasteiger charge is 2.11. The normalized spacial score (nSPS) is 11.0. The molecular weight excluding hydrogens is 280 g/mol. The zero-order valence-electron chi connectivity index (χ0n) is 11.1. The van der Waals surface area contributed by atoms with Crippen LogP contribution in [0.4, 0.5) is 5.82 Å². The highest BCUT2D eigenvalue weighted by atomic mass is 32.1. The Kier molecular flexibility index (Phi) is 2.72. The van der Waals surface area contributed by atoms with Crippen molar-refractivity contribution in [2.45, 2.75) is 0 Å². The van der Waals surface area contributed by atoms with Gasteiger partial charge in [-0.05, 0) is 16.8 Å². The van der Waals surface area contributed by atoms with Gasteiger partial charge in [0.2, 0.25) is 0 Å². The van der Waals surface area contributed by atoms with Crippen LogP contribution in [0.1, 0.15) is 0 Å². The number of nitrogens with zero attached hydrogens (tertiary/aromatic N) is 2. The van der Waals surface area contributed by atoms with Gasteiger partial charge in [0.15, 0.2) is 0 Å². The second-order valence-corrected chi connectivity index (χ2v) is 5.66. The molecule has 4 nitrogen and oxygen atoms in total. The molecule has 4 rings (SSSR count). The van der Waals surface area contributed by atoms with Crippen LogP contribution >= 0.6 is 11.3 Å². The number of H-pyrrole nitrogens is 1. The van der Waals surface area contributed by atoms with Gasteiger partial charge in [0.05, 0.1) is 17.5 Å². The number of thiazole rings is 1. The zero-order chi connectivity index (χ0) is 14.2. The fourth-order valence-corrected chi connectivity index (χ4v) is 3.20. The van der Waals surface area contributed by atoms with Gasteiger partial charge in [0.25, 0.3) is 0 Å². The Morgan fingerprint density at radius 3 is 2.71 bits per heavy atom. The lowest BCUT2D eigenvalue weighted by atomic mass is 10.1. The van der Waals surface area contributed by atoms with Gasteiger partial charge in [-0.1, -0.05) is 36.4 Å². The molecule has 0 fully saturated rings. The highest BCUT2D eigenvalue weighted by Crippen LogP contribution is 2.32. The molecule has 4 aromatic rings. The largest absolute Gasteiger partial charge is 0.383 e. The van der Waals surface area contributed by atoms with Gasteiger partial charge in [-0.25, -0.2) is 4.98 Å². The molecule has 2 aromatic carbocycles. The number of aromatic amines is 1. The van der Waals surface area contributed by atoms with Crippen LogP contribution in [0.5, 0.6) is 0 Å². The van der Waals surface area contributed by atoms with Crippen LogP contribution in [-0.2, 0) is 0 Å². The molecule has 5 heteroatoms. The fraction of sp³-hybridized carbons (Fsp3) is 0. The number of benzene rings is 2. The first-order valence-electron chi connectivity index (χ1n) is 6.55. The van der Waals surface area contributed by atoms with E-state index < -0.39 is 0 Å². The lowest BCUT2D eigenvalue weighted by Gasteiger charge is -2.00. The molecule has 2 heterocycles. The van der Waals surface area contributed by atoms with Crippen molar-refractivity contribution in [1.82, 2.24) is 15.2 Å². The minimum Gasteiger partial charge on any atom is -0.383 e. The molecule has 0 amide bonds. The van der Waals surface area contributed by atoms with E-state index in [2.05, 4.69) is 45.5 Å². The third kappa shape index (κ3) is 2.08. The molecule has 2 aromatic heterocycles. The Labute approximate surface area is 125 Å². The Bertz CT molecular complexity index is 923. The number of anilines is 1. The molecule has 102 valence electrons. The summed E-state index contributed by atoms with van der Waals surface area (Å²) in [7, 11) is 0. The topological polar surface area (TPSA) is 67.6 Å². The average Bonchev–Trinajstić information content (AvgIpc) is 3.15. The number of fused-ring (bicyclic) bond motifs is 1. The molecule has 0 aliphatic heterocycles. The van der Waals surface area contributed by atoms with Gasteiger partial charge in [-0.15, -0.1) is 11.3 Å². The third-order valence-corrected chi connectivity index (χ3v) is 4.32. The van der Waals surface area contributed by atoms with Crippen LogP contribution in [0, 0.1) is 0 Å². The monoisotopic (exact) mass is 292 g/mol. The van der Waals surface area contributed by atoms with Gasteiger partial charge in [-0.3, -0.25) is 5.10 Å². The Morgan fingerprint density at radius 1 is 1.05 bits per heavy atom. The zero-order valence-corrected chi connectivity index (χ0v) is 11.9. The van der Waals surface area contributed by atoms with Gasteiger partial charge in [0, 0.05) is 10.9 Å². The fourth-order valence-electron chi connectivity index (χ4n) is 2.35. The van der Waals surface area contributed by atoms with Crippen LogP contribution in [0.3, 0.4) is 0 Å². The van der Waals surface area contributed by atoms with E-state index in [0.29, 0.717) is 5.82 Å². The van der Waals surface area contributed by atoms with Crippen LogP contribution < -0.4 is 5.73 Å². The Hall–Kier alpha value is -2.66. The SMILES string of the molecule is Nc1[nH]ncc1-c1nc(-c2ccc3ccccc3c2)cs1. The second kappa shape index (κ2) is 4.71. The predicted molar refractivity (Wildman–Crippen MR) is 87.1 cm³/mol. The quantitative estimate of drug-likeness (QED) is 0.588. The first kappa shape index (κ1) is 12.1. The van der Waals surface area contributed by atoms with E-state index in [-0.39, 0.29) is 0 Å². The van der Waals surface area contributed by atoms with E-state index in [1.807, 2.05) is 17.5 Å². The number of nitrogen functional groups attached to an aromatic ring is 1. The minimum atomic E-state index is 0.550. The number of hydrogen-bond donors (Lipinski definition) is 2. The lowest BCUT2D eigenvalue weighted by Crippen LogP contribution is -1.87. The summed E-state index contributed by atoms with van der Waals surface area (Å²) in [5.41, 5.74) is 8.77. The number of nitrogens with one attached hydrogen (secondary N) is 1. The maximum absolute atomic E-state index is 5.84. The van der Waals surface area contributed by atoms with Crippen LogP contribution in [0.2, 0.25) is 0 Å². The van der Waals surface area contributed by atoms with E-state index in [1.54, 1.807) is 17.5 Å². The first-order chi connectivity index (χ1) is 10.3. The van der Waals surface area contributed by atoms with Crippen LogP contribution in [-0.4, -0.2) is 15.2 Å². The molecular formula is C16H12N4S. The van der Waals surface area contributed by atoms with Crippen LogP contribution in [0.25, 0.3) is 32.6 Å². The maximum atomic E-state index is 5.84. The maximum Gasteiger partial charge on any atom is 0.129 e. The van der Waals surface area contributed by atoms with Crippen molar-refractivity contribution < 1.29 is 0 Å². The summed E-state index contributed by atoms with van der Waals surface area (Å²) in [5.74, 6) is 0.550. The molecule has 21 heavy (non-hydrogen) atoms. The third-order valence-electron chi connectivity index (χ3n) is 3.45. The molecule has 0 aliphatic carbocycles. The van der Waals surface area contributed by atoms with Crippen molar-refractivity contribution in [3.05, 3.63) is 54.0 Å². The van der Waals surface area contributed by atoms with E-state index in [4.69, 9.17) is 5.73 Å². The van der Waals surface area contributed by atoms with E-state index in [0.717, 1.165) is 21.8 Å². The molecule has 0 unspecified atom stereocenters. The summed E-state index contributed by atoms with van der Waals surface area (Å²) in [6.07, 6.45) is 1.71. The first-order valence-corrected chi connectivity index (χ1v) is 7.43. The summed E-state index contributed by atoms with van der Waals surface area (Å²) in [5, 5.41) is 12.0. The summed E-state index contributed by atoms with van der Waals surface area (Å²) in [4.78, 5) is 4.67. The van der Waals surface area contributed by atoms with Gasteiger partial charge >= 0.3 is 0 Å². The smallest absolute Gasteiger partial charge is 0.129 e. The van der Waals surface area contributed by atoms with Gasteiger partial charge < -0.3 is 5.73 Å². The highest BCUT2D eigenvalue weighted by molar-refractivity contribution is 7.13. The Morgan fingerprint density at radius 2 is 1.90 bits per heavy atom. The second-order valence-electron chi connectivity index (χ2n) is 4.80. The summed E-state index contributed by atoms with van der Waals surface area (Å²) in [6, 6.07) is 14.7. The molecule has 0 radical (unpaired) electrons. The van der Waals surface area contributed by atoms with Crippen molar-refractivity contribution in [1.29, 1.82) is 0 Å². The average molecular weight is 292 g/mol. The summed E-state index contributed by atoms with van der Waals surface area (Å²) < 4.78 is 0. The van der Waals surface area contributed by atoms with Gasteiger partial charge in [-0.2, -0.15) is 5.10 Å². The minimum absolute atomic E-state index is 0.550. The van der Waals surface area contributed by atoms with Crippen molar-refractivity contribution in [3.8, 4) is 21.8 Å². The molecule has 0 saturated heterocycles. The Balaban J connectivity index is 1.79. The standard InChI is InChI=1S/C16H12N4S/c17-15-13(8-18-20-15)16-19-14(9-21-16)12-6-5-10-3-1-2-4-11(10)7-12/h1-9H,(H3,17,18,20). The number of aromatic nitrogens is 3. The molecule has 3 N–H and O–H groups in total. The lowest BCUT2D eigenvalue weighted by molar-refractivity contribution is 1.10. The number of rotatable bonds is 2. The number of hydrogen-bond acceptors (Lipinski definition) is 4. The summed E-state index contributed by atoms with van der Waals surface area (Å²) in [6.45, 7) is 0. The van der Waals surface area contributed by atoms with E-state index in [1.165, 1.54) is 10.8 Å². The van der Waals surface area contributed by atoms with Crippen LogP contribution in [0.15, 0.2) is 54.0 Å². The predicted octanol–water partition coefficient (Wildman–Crippen LogP) is 3.94.